The lowest BCUT2D eigenvalue weighted by molar-refractivity contribution is -0.142. The van der Waals surface area contributed by atoms with Crippen molar-refractivity contribution in [3.8, 4) is 0 Å². The van der Waals surface area contributed by atoms with Crippen molar-refractivity contribution in [2.24, 2.45) is 23.3 Å². The van der Waals surface area contributed by atoms with E-state index in [1.165, 1.54) is 11.8 Å². The van der Waals surface area contributed by atoms with Crippen LogP contribution in [0.25, 0.3) is 0 Å². The molecule has 5 atom stereocenters. The van der Waals surface area contributed by atoms with Gasteiger partial charge in [-0.25, -0.2) is 4.79 Å². The summed E-state index contributed by atoms with van der Waals surface area (Å²) in [5.74, 6) is -2.37. The highest BCUT2D eigenvalue weighted by Crippen LogP contribution is 2.10. The maximum Gasteiger partial charge on any atom is 0.326 e. The van der Waals surface area contributed by atoms with E-state index in [0.717, 1.165) is 6.42 Å². The van der Waals surface area contributed by atoms with E-state index >= 15 is 0 Å². The van der Waals surface area contributed by atoms with Crippen molar-refractivity contribution < 1.29 is 24.3 Å². The Kier molecular flexibility index (Phi) is 15.8. The lowest BCUT2D eigenvalue weighted by Gasteiger charge is -2.28. The molecule has 192 valence electrons. The molecule has 0 aliphatic carbocycles. The number of unbranched alkanes of at least 4 members (excludes halogenated alkanes) is 1. The number of hydrogen-bond acceptors (Lipinski definition) is 7. The average Bonchev–Trinajstić information content (AvgIpc) is 2.77. The number of hydrogen-bond donors (Lipinski definition) is 6. The third kappa shape index (κ3) is 11.7. The summed E-state index contributed by atoms with van der Waals surface area (Å²) in [5, 5.41) is 17.3. The first kappa shape index (κ1) is 31.1. The van der Waals surface area contributed by atoms with Gasteiger partial charge in [0, 0.05) is 0 Å². The predicted octanol–water partition coefficient (Wildman–Crippen LogP) is 0.437. The summed E-state index contributed by atoms with van der Waals surface area (Å²) in [5.41, 5.74) is 11.5. The number of carbonyl (C=O) groups excluding carboxylic acids is 3. The van der Waals surface area contributed by atoms with Gasteiger partial charge in [-0.3, -0.25) is 14.4 Å². The minimum absolute atomic E-state index is 0.0510. The van der Waals surface area contributed by atoms with Crippen molar-refractivity contribution in [2.45, 2.75) is 84.0 Å². The number of carboxylic acids is 1. The van der Waals surface area contributed by atoms with Crippen LogP contribution < -0.4 is 27.4 Å². The normalized spacial score (nSPS) is 15.8. The Morgan fingerprint density at radius 1 is 0.909 bits per heavy atom. The van der Waals surface area contributed by atoms with Gasteiger partial charge in [0.2, 0.25) is 17.7 Å². The fraction of sp³-hybridized carbons (Fsp3) is 0.818. The Morgan fingerprint density at radius 2 is 1.52 bits per heavy atom. The summed E-state index contributed by atoms with van der Waals surface area (Å²) in [6.45, 7) is 7.80. The Balaban J connectivity index is 5.43. The number of nitrogens with two attached hydrogens (primary N) is 2. The highest BCUT2D eigenvalue weighted by molar-refractivity contribution is 7.98. The first-order valence-corrected chi connectivity index (χ1v) is 13.0. The molecule has 0 radical (unpaired) electrons. The first-order chi connectivity index (χ1) is 15.5. The summed E-state index contributed by atoms with van der Waals surface area (Å²) >= 11 is 1.48. The number of rotatable bonds is 17. The molecule has 0 aromatic rings. The highest BCUT2D eigenvalue weighted by Gasteiger charge is 2.32. The summed E-state index contributed by atoms with van der Waals surface area (Å²) < 4.78 is 0. The molecule has 0 heterocycles. The molecular weight excluding hydrogens is 446 g/mol. The van der Waals surface area contributed by atoms with Gasteiger partial charge in [-0.1, -0.05) is 34.1 Å². The maximum atomic E-state index is 13.0. The van der Waals surface area contributed by atoms with Gasteiger partial charge >= 0.3 is 5.97 Å². The van der Waals surface area contributed by atoms with Crippen LogP contribution in [0.5, 0.6) is 0 Å². The largest absolute Gasteiger partial charge is 0.480 e. The van der Waals surface area contributed by atoms with Gasteiger partial charge in [0.1, 0.15) is 18.1 Å². The van der Waals surface area contributed by atoms with Crippen LogP contribution >= 0.6 is 11.8 Å². The quantitative estimate of drug-likeness (QED) is 0.159. The molecular formula is C22H43N5O5S. The number of thioether (sulfide) groups is 1. The van der Waals surface area contributed by atoms with E-state index in [2.05, 4.69) is 16.0 Å². The van der Waals surface area contributed by atoms with Gasteiger partial charge in [-0.05, 0) is 56.1 Å². The lowest BCUT2D eigenvalue weighted by Crippen LogP contribution is -2.59. The second kappa shape index (κ2) is 16.7. The summed E-state index contributed by atoms with van der Waals surface area (Å²) in [6, 6.07) is -3.63. The molecule has 11 heteroatoms. The van der Waals surface area contributed by atoms with E-state index in [-0.39, 0.29) is 18.3 Å². The maximum absolute atomic E-state index is 13.0. The monoisotopic (exact) mass is 489 g/mol. The number of amides is 3. The fourth-order valence-electron chi connectivity index (χ4n) is 3.09. The van der Waals surface area contributed by atoms with Gasteiger partial charge < -0.3 is 32.5 Å². The Hall–Kier alpha value is -1.85. The molecule has 0 aliphatic heterocycles. The fourth-order valence-corrected chi connectivity index (χ4v) is 3.56. The predicted molar refractivity (Wildman–Crippen MR) is 132 cm³/mol. The van der Waals surface area contributed by atoms with Crippen molar-refractivity contribution in [1.29, 1.82) is 0 Å². The molecule has 3 amide bonds. The summed E-state index contributed by atoms with van der Waals surface area (Å²) in [7, 11) is 0. The third-order valence-electron chi connectivity index (χ3n) is 5.61. The third-order valence-corrected chi connectivity index (χ3v) is 6.26. The van der Waals surface area contributed by atoms with Crippen LogP contribution in [0, 0.1) is 11.8 Å². The van der Waals surface area contributed by atoms with Crippen LogP contribution in [-0.4, -0.2) is 71.5 Å². The molecule has 0 fully saturated rings. The minimum atomic E-state index is -1.13. The van der Waals surface area contributed by atoms with E-state index in [4.69, 9.17) is 11.5 Å². The molecule has 0 aliphatic rings. The molecule has 0 bridgehead atoms. The van der Waals surface area contributed by atoms with Crippen LogP contribution in [0.15, 0.2) is 0 Å². The van der Waals surface area contributed by atoms with Crippen molar-refractivity contribution >= 4 is 35.5 Å². The standard InChI is InChI=1S/C22H43N5O5S/c1-6-14(4)17(24)20(29)27-18(13(2)3)21(30)25-15(9-7-8-11-23)19(28)26-16(22(31)32)10-12-33-5/h13-18H,6-12,23-24H2,1-5H3,(H,25,30)(H,26,28)(H,27,29)(H,31,32). The summed E-state index contributed by atoms with van der Waals surface area (Å²) in [6.07, 6.45) is 4.37. The summed E-state index contributed by atoms with van der Waals surface area (Å²) in [4.78, 5) is 50.0. The highest BCUT2D eigenvalue weighted by atomic mass is 32.2. The van der Waals surface area contributed by atoms with Crippen molar-refractivity contribution in [2.75, 3.05) is 18.6 Å². The molecule has 0 rings (SSSR count). The van der Waals surface area contributed by atoms with Crippen LogP contribution in [-0.2, 0) is 19.2 Å². The second-order valence-electron chi connectivity index (χ2n) is 8.67. The number of aliphatic carboxylic acids is 1. The van der Waals surface area contributed by atoms with E-state index < -0.39 is 47.9 Å². The molecule has 33 heavy (non-hydrogen) atoms. The zero-order valence-corrected chi connectivity index (χ0v) is 21.4. The topological polar surface area (TPSA) is 177 Å². The molecule has 8 N–H and O–H groups in total. The van der Waals surface area contributed by atoms with Gasteiger partial charge in [0.25, 0.3) is 0 Å². The average molecular weight is 490 g/mol. The van der Waals surface area contributed by atoms with Crippen LogP contribution in [0.3, 0.4) is 0 Å². The van der Waals surface area contributed by atoms with Gasteiger partial charge in [-0.15, -0.1) is 0 Å². The van der Waals surface area contributed by atoms with Gasteiger partial charge in [0.15, 0.2) is 0 Å². The SMILES string of the molecule is CCC(C)C(N)C(=O)NC(C(=O)NC(CCCCN)C(=O)NC(CCSC)C(=O)O)C(C)C. The first-order valence-electron chi connectivity index (χ1n) is 11.6. The van der Waals surface area contributed by atoms with Gasteiger partial charge in [0.05, 0.1) is 6.04 Å². The number of nitrogens with one attached hydrogen (secondary N) is 3. The van der Waals surface area contributed by atoms with Crippen molar-refractivity contribution in [3.63, 3.8) is 0 Å². The Labute approximate surface area is 201 Å². The molecule has 0 aromatic heterocycles. The van der Waals surface area contributed by atoms with Crippen LogP contribution in [0.4, 0.5) is 0 Å². The van der Waals surface area contributed by atoms with Crippen LogP contribution in [0.2, 0.25) is 0 Å². The van der Waals surface area contributed by atoms with Crippen LogP contribution in [0.1, 0.15) is 59.8 Å². The van der Waals surface area contributed by atoms with Gasteiger partial charge in [-0.2, -0.15) is 11.8 Å². The molecule has 0 spiro atoms. The zero-order chi connectivity index (χ0) is 25.6. The molecule has 0 saturated heterocycles. The minimum Gasteiger partial charge on any atom is -0.480 e. The Bertz CT molecular complexity index is 634. The number of carbonyl (C=O) groups is 4. The van der Waals surface area contributed by atoms with Crippen molar-refractivity contribution in [1.82, 2.24) is 16.0 Å². The second-order valence-corrected chi connectivity index (χ2v) is 9.65. The Morgan fingerprint density at radius 3 is 2.00 bits per heavy atom. The van der Waals surface area contributed by atoms with E-state index in [9.17, 15) is 24.3 Å². The lowest BCUT2D eigenvalue weighted by atomic mass is 9.97. The smallest absolute Gasteiger partial charge is 0.326 e. The molecule has 5 unspecified atom stereocenters. The van der Waals surface area contributed by atoms with Crippen molar-refractivity contribution in [3.05, 3.63) is 0 Å². The molecule has 0 aromatic carbocycles. The molecule has 0 saturated carbocycles. The van der Waals surface area contributed by atoms with E-state index in [1.54, 1.807) is 13.8 Å². The number of carboxylic acid groups (broad SMARTS) is 1. The zero-order valence-electron chi connectivity index (χ0n) is 20.6. The molecule has 10 nitrogen and oxygen atoms in total. The van der Waals surface area contributed by atoms with E-state index in [1.807, 2.05) is 20.1 Å². The van der Waals surface area contributed by atoms with E-state index in [0.29, 0.717) is 31.6 Å².